The summed E-state index contributed by atoms with van der Waals surface area (Å²) in [7, 11) is 0. The Morgan fingerprint density at radius 2 is 1.90 bits per heavy atom. The maximum atomic E-state index is 6.63. The molecule has 0 bridgehead atoms. The molecule has 110 valence electrons. The molecule has 3 nitrogen and oxygen atoms in total. The maximum absolute atomic E-state index is 6.63. The molecule has 2 aliphatic carbocycles. The summed E-state index contributed by atoms with van der Waals surface area (Å²) in [5.41, 5.74) is 12.1. The van der Waals surface area contributed by atoms with Crippen molar-refractivity contribution in [1.29, 1.82) is 0 Å². The van der Waals surface area contributed by atoms with Crippen LogP contribution in [0.15, 0.2) is 30.6 Å². The van der Waals surface area contributed by atoms with Crippen LogP contribution in [0.2, 0.25) is 0 Å². The minimum atomic E-state index is 0.0811. The third-order valence-electron chi connectivity index (χ3n) is 5.31. The van der Waals surface area contributed by atoms with Gasteiger partial charge in [0.2, 0.25) is 0 Å². The normalized spacial score (nSPS) is 28.0. The average Bonchev–Trinajstić information content (AvgIpc) is 2.95. The summed E-state index contributed by atoms with van der Waals surface area (Å²) in [6, 6.07) is 9.10. The number of fused-ring (bicyclic) bond motifs is 2. The first kappa shape index (κ1) is 13.1. The maximum Gasteiger partial charge on any atom is 0.0954 e. The van der Waals surface area contributed by atoms with E-state index in [4.69, 9.17) is 5.73 Å². The van der Waals surface area contributed by atoms with Gasteiger partial charge in [-0.25, -0.2) is 4.98 Å². The van der Waals surface area contributed by atoms with Crippen molar-refractivity contribution in [3.05, 3.63) is 53.1 Å². The second-order valence-electron chi connectivity index (χ2n) is 6.61. The molecule has 3 atom stereocenters. The van der Waals surface area contributed by atoms with Crippen molar-refractivity contribution in [3.8, 4) is 0 Å². The van der Waals surface area contributed by atoms with Gasteiger partial charge in [-0.2, -0.15) is 0 Å². The van der Waals surface area contributed by atoms with E-state index in [0.29, 0.717) is 12.0 Å². The van der Waals surface area contributed by atoms with Crippen molar-refractivity contribution < 1.29 is 0 Å². The molecule has 4 rings (SSSR count). The molecule has 0 radical (unpaired) electrons. The molecule has 0 saturated heterocycles. The Morgan fingerprint density at radius 1 is 1.14 bits per heavy atom. The van der Waals surface area contributed by atoms with Crippen molar-refractivity contribution in [2.24, 2.45) is 5.73 Å². The Bertz CT molecular complexity index is 658. The van der Waals surface area contributed by atoms with E-state index in [9.17, 15) is 0 Å². The molecule has 3 heteroatoms. The lowest BCUT2D eigenvalue weighted by Crippen LogP contribution is -2.31. The number of nitrogens with two attached hydrogens (primary N) is 1. The van der Waals surface area contributed by atoms with Crippen LogP contribution in [0.1, 0.15) is 66.7 Å². The zero-order chi connectivity index (χ0) is 14.4. The number of aryl methyl sites for hydroxylation is 1. The molecule has 1 heterocycles. The standard InChI is InChI=1S/C18H23N3/c1-12-10-17(18(19)14-7-3-2-6-13(12)14)21-11-20-15-8-4-5-9-16(15)21/h2-3,6-7,11-12,17-18H,4-5,8-10,19H2,1H3. The van der Waals surface area contributed by atoms with Crippen molar-refractivity contribution in [1.82, 2.24) is 9.55 Å². The van der Waals surface area contributed by atoms with E-state index in [-0.39, 0.29) is 6.04 Å². The number of nitrogens with zero attached hydrogens (tertiary/aromatic N) is 2. The highest BCUT2D eigenvalue weighted by Crippen LogP contribution is 2.43. The van der Waals surface area contributed by atoms with Crippen molar-refractivity contribution >= 4 is 0 Å². The molecule has 2 aliphatic rings. The summed E-state index contributed by atoms with van der Waals surface area (Å²) < 4.78 is 2.39. The second kappa shape index (κ2) is 4.99. The molecule has 0 amide bonds. The molecule has 3 unspecified atom stereocenters. The van der Waals surface area contributed by atoms with E-state index in [2.05, 4.69) is 40.7 Å². The predicted octanol–water partition coefficient (Wildman–Crippen LogP) is 3.51. The monoisotopic (exact) mass is 281 g/mol. The SMILES string of the molecule is CC1CC(n2cnc3c2CCCC3)C(N)c2ccccc21. The lowest BCUT2D eigenvalue weighted by molar-refractivity contribution is 0.334. The average molecular weight is 281 g/mol. The number of hydrogen-bond donors (Lipinski definition) is 1. The third-order valence-corrected chi connectivity index (χ3v) is 5.31. The van der Waals surface area contributed by atoms with E-state index < -0.39 is 0 Å². The van der Waals surface area contributed by atoms with E-state index in [1.165, 1.54) is 35.4 Å². The van der Waals surface area contributed by atoms with Crippen LogP contribution < -0.4 is 5.73 Å². The number of benzene rings is 1. The molecule has 21 heavy (non-hydrogen) atoms. The zero-order valence-electron chi connectivity index (χ0n) is 12.6. The summed E-state index contributed by atoms with van der Waals surface area (Å²) in [5, 5.41) is 0. The van der Waals surface area contributed by atoms with E-state index >= 15 is 0 Å². The van der Waals surface area contributed by atoms with Crippen molar-refractivity contribution in [2.75, 3.05) is 0 Å². The molecule has 0 saturated carbocycles. The summed E-state index contributed by atoms with van der Waals surface area (Å²) in [5.74, 6) is 0.563. The topological polar surface area (TPSA) is 43.8 Å². The van der Waals surface area contributed by atoms with Crippen LogP contribution in [-0.4, -0.2) is 9.55 Å². The van der Waals surface area contributed by atoms with Crippen LogP contribution in [0.5, 0.6) is 0 Å². The van der Waals surface area contributed by atoms with Gasteiger partial charge >= 0.3 is 0 Å². The van der Waals surface area contributed by atoms with Gasteiger partial charge in [0.05, 0.1) is 24.1 Å². The molecular formula is C18H23N3. The Kier molecular flexibility index (Phi) is 3.11. The predicted molar refractivity (Wildman–Crippen MR) is 84.3 cm³/mol. The zero-order valence-corrected chi connectivity index (χ0v) is 12.6. The van der Waals surface area contributed by atoms with Gasteiger partial charge in [-0.1, -0.05) is 31.2 Å². The number of imidazole rings is 1. The minimum Gasteiger partial charge on any atom is -0.329 e. The van der Waals surface area contributed by atoms with Gasteiger partial charge in [0, 0.05) is 5.69 Å². The highest BCUT2D eigenvalue weighted by molar-refractivity contribution is 5.36. The second-order valence-corrected chi connectivity index (χ2v) is 6.61. The van der Waals surface area contributed by atoms with Gasteiger partial charge in [-0.3, -0.25) is 0 Å². The summed E-state index contributed by atoms with van der Waals surface area (Å²) in [4.78, 5) is 4.65. The molecule has 1 aromatic carbocycles. The largest absolute Gasteiger partial charge is 0.329 e. The fourth-order valence-electron chi connectivity index (χ4n) is 4.17. The first-order chi connectivity index (χ1) is 10.3. The Hall–Kier alpha value is -1.61. The van der Waals surface area contributed by atoms with Crippen LogP contribution in [0.4, 0.5) is 0 Å². The summed E-state index contributed by atoms with van der Waals surface area (Å²) in [6.45, 7) is 2.32. The van der Waals surface area contributed by atoms with Crippen LogP contribution in [0, 0.1) is 0 Å². The number of aromatic nitrogens is 2. The quantitative estimate of drug-likeness (QED) is 0.869. The summed E-state index contributed by atoms with van der Waals surface area (Å²) in [6.07, 6.45) is 8.01. The van der Waals surface area contributed by atoms with Gasteiger partial charge in [0.15, 0.2) is 0 Å². The first-order valence-corrected chi connectivity index (χ1v) is 8.14. The molecule has 0 spiro atoms. The van der Waals surface area contributed by atoms with Gasteiger partial charge in [0.25, 0.3) is 0 Å². The lowest BCUT2D eigenvalue weighted by atomic mass is 9.78. The van der Waals surface area contributed by atoms with Gasteiger partial charge in [0.1, 0.15) is 0 Å². The lowest BCUT2D eigenvalue weighted by Gasteiger charge is -2.36. The Morgan fingerprint density at radius 3 is 2.76 bits per heavy atom. The Labute approximate surface area is 126 Å². The van der Waals surface area contributed by atoms with E-state index in [1.54, 1.807) is 0 Å². The first-order valence-electron chi connectivity index (χ1n) is 8.14. The molecule has 2 N–H and O–H groups in total. The highest BCUT2D eigenvalue weighted by atomic mass is 15.1. The van der Waals surface area contributed by atoms with Gasteiger partial charge in [-0.05, 0) is 49.1 Å². The highest BCUT2D eigenvalue weighted by Gasteiger charge is 2.33. The molecule has 0 fully saturated rings. The minimum absolute atomic E-state index is 0.0811. The fraction of sp³-hybridized carbons (Fsp3) is 0.500. The smallest absolute Gasteiger partial charge is 0.0954 e. The van der Waals surface area contributed by atoms with E-state index in [0.717, 1.165) is 19.3 Å². The Balaban J connectivity index is 1.75. The van der Waals surface area contributed by atoms with Gasteiger partial charge < -0.3 is 10.3 Å². The fourth-order valence-corrected chi connectivity index (χ4v) is 4.17. The molecular weight excluding hydrogens is 258 g/mol. The molecule has 0 aliphatic heterocycles. The van der Waals surface area contributed by atoms with Crippen molar-refractivity contribution in [2.45, 2.75) is 57.0 Å². The van der Waals surface area contributed by atoms with E-state index in [1.807, 2.05) is 6.33 Å². The van der Waals surface area contributed by atoms with Crippen LogP contribution >= 0.6 is 0 Å². The summed E-state index contributed by atoms with van der Waals surface area (Å²) >= 11 is 0. The third kappa shape index (κ3) is 2.03. The van der Waals surface area contributed by atoms with Gasteiger partial charge in [-0.15, -0.1) is 0 Å². The van der Waals surface area contributed by atoms with Crippen LogP contribution in [0.25, 0.3) is 0 Å². The van der Waals surface area contributed by atoms with Crippen LogP contribution in [-0.2, 0) is 12.8 Å². The molecule has 1 aromatic heterocycles. The van der Waals surface area contributed by atoms with Crippen LogP contribution in [0.3, 0.4) is 0 Å². The number of hydrogen-bond acceptors (Lipinski definition) is 2. The molecule has 2 aromatic rings. The van der Waals surface area contributed by atoms with Crippen molar-refractivity contribution in [3.63, 3.8) is 0 Å². The number of rotatable bonds is 1.